The maximum Gasteiger partial charge on any atom is 0.497 e. The summed E-state index contributed by atoms with van der Waals surface area (Å²) in [6, 6.07) is 7.80. The summed E-state index contributed by atoms with van der Waals surface area (Å²) in [5, 5.41) is 0. The highest BCUT2D eigenvalue weighted by Gasteiger charge is 2.52. The molecular formula is C16H19BN2O2. The van der Waals surface area contributed by atoms with Gasteiger partial charge in [0, 0.05) is 29.6 Å². The summed E-state index contributed by atoms with van der Waals surface area (Å²) < 4.78 is 12.3. The van der Waals surface area contributed by atoms with Gasteiger partial charge in [0.25, 0.3) is 0 Å². The third-order valence-electron chi connectivity index (χ3n) is 4.30. The van der Waals surface area contributed by atoms with Crippen molar-refractivity contribution in [1.29, 1.82) is 0 Å². The van der Waals surface area contributed by atoms with Crippen LogP contribution in [0.3, 0.4) is 0 Å². The lowest BCUT2D eigenvalue weighted by atomic mass is 9.76. The minimum atomic E-state index is -0.410. The Morgan fingerprint density at radius 2 is 1.52 bits per heavy atom. The van der Waals surface area contributed by atoms with Gasteiger partial charge in [-0.05, 0) is 45.9 Å². The molecule has 0 atom stereocenters. The van der Waals surface area contributed by atoms with Gasteiger partial charge < -0.3 is 9.31 Å². The van der Waals surface area contributed by atoms with Crippen LogP contribution in [0.4, 0.5) is 0 Å². The van der Waals surface area contributed by atoms with E-state index < -0.39 is 7.12 Å². The van der Waals surface area contributed by atoms with Crippen molar-refractivity contribution in [2.75, 3.05) is 0 Å². The average Bonchev–Trinajstić information content (AvgIpc) is 2.68. The van der Waals surface area contributed by atoms with Crippen LogP contribution in [-0.4, -0.2) is 28.3 Å². The summed E-state index contributed by atoms with van der Waals surface area (Å²) in [5.41, 5.74) is 2.11. The van der Waals surface area contributed by atoms with Gasteiger partial charge in [-0.2, -0.15) is 0 Å². The first-order valence-corrected chi connectivity index (χ1v) is 7.12. The van der Waals surface area contributed by atoms with Gasteiger partial charge in [-0.15, -0.1) is 0 Å². The molecule has 108 valence electrons. The standard InChI is InChI=1S/C16H19BN2O2/c1-15(2)16(3,4)21-17(20-15)13-6-5-9-19-14(13)12-7-10-18-11-8-12/h5-11H,1-4H3. The summed E-state index contributed by atoms with van der Waals surface area (Å²) in [6.07, 6.45) is 5.31. The molecule has 2 aromatic heterocycles. The third-order valence-corrected chi connectivity index (χ3v) is 4.30. The fourth-order valence-corrected chi connectivity index (χ4v) is 2.33. The molecule has 1 fully saturated rings. The zero-order chi connectivity index (χ0) is 15.1. The van der Waals surface area contributed by atoms with E-state index in [9.17, 15) is 0 Å². The van der Waals surface area contributed by atoms with Crippen LogP contribution in [0.5, 0.6) is 0 Å². The quantitative estimate of drug-likeness (QED) is 0.794. The van der Waals surface area contributed by atoms with Crippen LogP contribution in [-0.2, 0) is 9.31 Å². The highest BCUT2D eigenvalue weighted by molar-refractivity contribution is 6.63. The normalized spacial score (nSPS) is 19.7. The number of nitrogens with zero attached hydrogens (tertiary/aromatic N) is 2. The van der Waals surface area contributed by atoms with E-state index in [4.69, 9.17) is 9.31 Å². The van der Waals surface area contributed by atoms with E-state index in [-0.39, 0.29) is 11.2 Å². The third kappa shape index (κ3) is 2.47. The molecule has 4 nitrogen and oxygen atoms in total. The molecule has 21 heavy (non-hydrogen) atoms. The van der Waals surface area contributed by atoms with Gasteiger partial charge in [-0.3, -0.25) is 9.97 Å². The van der Waals surface area contributed by atoms with E-state index >= 15 is 0 Å². The van der Waals surface area contributed by atoms with E-state index in [1.54, 1.807) is 18.6 Å². The van der Waals surface area contributed by atoms with Gasteiger partial charge in [0.1, 0.15) is 0 Å². The Bertz CT molecular complexity index is 628. The van der Waals surface area contributed by atoms with Crippen molar-refractivity contribution in [3.8, 4) is 11.3 Å². The molecule has 1 aliphatic heterocycles. The second kappa shape index (κ2) is 4.93. The summed E-state index contributed by atoms with van der Waals surface area (Å²) in [4.78, 5) is 8.56. The molecule has 0 saturated carbocycles. The highest BCUT2D eigenvalue weighted by atomic mass is 16.7. The molecule has 0 bridgehead atoms. The molecule has 0 radical (unpaired) electrons. The molecule has 1 saturated heterocycles. The monoisotopic (exact) mass is 282 g/mol. The van der Waals surface area contributed by atoms with Crippen molar-refractivity contribution in [3.63, 3.8) is 0 Å². The van der Waals surface area contributed by atoms with Gasteiger partial charge in [0.15, 0.2) is 0 Å². The van der Waals surface area contributed by atoms with Crippen LogP contribution in [0, 0.1) is 0 Å². The van der Waals surface area contributed by atoms with Crippen LogP contribution in [0.2, 0.25) is 0 Å². The van der Waals surface area contributed by atoms with E-state index in [1.165, 1.54) is 0 Å². The number of aromatic nitrogens is 2. The van der Waals surface area contributed by atoms with Gasteiger partial charge in [0.2, 0.25) is 0 Å². The Labute approximate surface area is 125 Å². The SMILES string of the molecule is CC1(C)OB(c2cccnc2-c2ccncc2)OC1(C)C. The van der Waals surface area contributed by atoms with Crippen molar-refractivity contribution in [3.05, 3.63) is 42.9 Å². The molecule has 0 amide bonds. The van der Waals surface area contributed by atoms with Gasteiger partial charge in [-0.25, -0.2) is 0 Å². The minimum Gasteiger partial charge on any atom is -0.399 e. The maximum absolute atomic E-state index is 6.13. The lowest BCUT2D eigenvalue weighted by Crippen LogP contribution is -2.41. The Balaban J connectivity index is 2.02. The van der Waals surface area contributed by atoms with Gasteiger partial charge in [0.05, 0.1) is 16.9 Å². The van der Waals surface area contributed by atoms with Crippen molar-refractivity contribution < 1.29 is 9.31 Å². The number of hydrogen-bond donors (Lipinski definition) is 0. The Morgan fingerprint density at radius 3 is 2.14 bits per heavy atom. The first-order chi connectivity index (χ1) is 9.91. The van der Waals surface area contributed by atoms with Crippen LogP contribution < -0.4 is 5.46 Å². The molecule has 0 N–H and O–H groups in total. The molecule has 0 spiro atoms. The zero-order valence-electron chi connectivity index (χ0n) is 12.8. The zero-order valence-corrected chi connectivity index (χ0v) is 12.8. The van der Waals surface area contributed by atoms with Crippen LogP contribution in [0.1, 0.15) is 27.7 Å². The van der Waals surface area contributed by atoms with Gasteiger partial charge >= 0.3 is 7.12 Å². The van der Waals surface area contributed by atoms with Crippen molar-refractivity contribution in [2.45, 2.75) is 38.9 Å². The fraction of sp³-hybridized carbons (Fsp3) is 0.375. The molecule has 5 heteroatoms. The smallest absolute Gasteiger partial charge is 0.399 e. The second-order valence-corrected chi connectivity index (χ2v) is 6.27. The highest BCUT2D eigenvalue weighted by Crippen LogP contribution is 2.37. The topological polar surface area (TPSA) is 44.2 Å². The van der Waals surface area contributed by atoms with Crippen molar-refractivity contribution >= 4 is 12.6 Å². The van der Waals surface area contributed by atoms with Crippen LogP contribution in [0.25, 0.3) is 11.3 Å². The lowest BCUT2D eigenvalue weighted by molar-refractivity contribution is 0.00578. The Kier molecular flexibility index (Phi) is 3.34. The summed E-state index contributed by atoms with van der Waals surface area (Å²) in [7, 11) is -0.410. The summed E-state index contributed by atoms with van der Waals surface area (Å²) in [6.45, 7) is 8.20. The number of rotatable bonds is 2. The first kappa shape index (κ1) is 14.2. The molecular weight excluding hydrogens is 263 g/mol. The fourth-order valence-electron chi connectivity index (χ4n) is 2.33. The molecule has 3 heterocycles. The second-order valence-electron chi connectivity index (χ2n) is 6.27. The number of pyridine rings is 2. The number of hydrogen-bond acceptors (Lipinski definition) is 4. The average molecular weight is 282 g/mol. The predicted octanol–water partition coefficient (Wildman–Crippen LogP) is 2.44. The summed E-state index contributed by atoms with van der Waals surface area (Å²) in [5.74, 6) is 0. The van der Waals surface area contributed by atoms with E-state index in [0.29, 0.717) is 0 Å². The minimum absolute atomic E-state index is 0.358. The molecule has 0 unspecified atom stereocenters. The predicted molar refractivity (Wildman–Crippen MR) is 83.2 cm³/mol. The van der Waals surface area contributed by atoms with Crippen LogP contribution in [0.15, 0.2) is 42.9 Å². The van der Waals surface area contributed by atoms with E-state index in [1.807, 2.05) is 24.3 Å². The van der Waals surface area contributed by atoms with Crippen molar-refractivity contribution in [1.82, 2.24) is 9.97 Å². The van der Waals surface area contributed by atoms with E-state index in [2.05, 4.69) is 37.7 Å². The van der Waals surface area contributed by atoms with Crippen molar-refractivity contribution in [2.24, 2.45) is 0 Å². The maximum atomic E-state index is 6.13. The summed E-state index contributed by atoms with van der Waals surface area (Å²) >= 11 is 0. The Hall–Kier alpha value is -1.72. The Morgan fingerprint density at radius 1 is 0.905 bits per heavy atom. The molecule has 1 aliphatic rings. The van der Waals surface area contributed by atoms with Gasteiger partial charge in [-0.1, -0.05) is 6.07 Å². The molecule has 0 aromatic carbocycles. The molecule has 0 aliphatic carbocycles. The first-order valence-electron chi connectivity index (χ1n) is 7.12. The largest absolute Gasteiger partial charge is 0.497 e. The van der Waals surface area contributed by atoms with E-state index in [0.717, 1.165) is 16.7 Å². The molecule has 2 aromatic rings. The van der Waals surface area contributed by atoms with Crippen LogP contribution >= 0.6 is 0 Å². The molecule has 3 rings (SSSR count). The lowest BCUT2D eigenvalue weighted by Gasteiger charge is -2.32.